The molecule has 2 heterocycles. The molecule has 0 unspecified atom stereocenters. The number of fused-ring (bicyclic) bond motifs is 3. The molecule has 5 nitrogen and oxygen atoms in total. The molecule has 0 bridgehead atoms. The number of hydrogen-bond donors (Lipinski definition) is 1. The highest BCUT2D eigenvalue weighted by atomic mass is 16.5. The molecule has 2 aliphatic heterocycles. The maximum absolute atomic E-state index is 12.0. The molecular weight excluding hydrogens is 246 g/mol. The topological polar surface area (TPSA) is 66.8 Å². The molecule has 0 radical (unpaired) electrons. The number of carboxylic acids is 1. The third-order valence-corrected chi connectivity index (χ3v) is 4.48. The van der Waals surface area contributed by atoms with E-state index < -0.39 is 5.97 Å². The summed E-state index contributed by atoms with van der Waals surface area (Å²) >= 11 is 0. The van der Waals surface area contributed by atoms with Crippen LogP contribution in [0.4, 0.5) is 0 Å². The van der Waals surface area contributed by atoms with Gasteiger partial charge in [-0.1, -0.05) is 6.08 Å². The van der Waals surface area contributed by atoms with Crippen LogP contribution in [0.1, 0.15) is 26.2 Å². The van der Waals surface area contributed by atoms with Crippen molar-refractivity contribution in [1.29, 1.82) is 0 Å². The van der Waals surface area contributed by atoms with Crippen LogP contribution in [-0.2, 0) is 14.3 Å². The standard InChI is InChI=1S/C14H17NO4/c1-3-7-11-8-5-4-6-9(19-2)10(8)12(14(17)18)15(11)13(7)16/h3,8-9,11H,4-6H2,1-2H3,(H,17,18)/b7-3+/t8-,9-,11-/m0/s1. The Morgan fingerprint density at radius 3 is 2.79 bits per heavy atom. The number of carbonyl (C=O) groups is 2. The number of methoxy groups -OCH3 is 1. The molecule has 1 saturated heterocycles. The smallest absolute Gasteiger partial charge is 0.352 e. The lowest BCUT2D eigenvalue weighted by Crippen LogP contribution is -2.54. The first-order valence-corrected chi connectivity index (χ1v) is 6.61. The van der Waals surface area contributed by atoms with Crippen LogP contribution >= 0.6 is 0 Å². The molecule has 3 aliphatic rings. The first kappa shape index (κ1) is 12.4. The van der Waals surface area contributed by atoms with Gasteiger partial charge in [0.1, 0.15) is 5.70 Å². The molecule has 2 fully saturated rings. The molecule has 0 aromatic heterocycles. The highest BCUT2D eigenvalue weighted by molar-refractivity contribution is 6.09. The van der Waals surface area contributed by atoms with E-state index in [9.17, 15) is 14.7 Å². The minimum absolute atomic E-state index is 0.0726. The van der Waals surface area contributed by atoms with E-state index in [-0.39, 0.29) is 29.7 Å². The second-order valence-electron chi connectivity index (χ2n) is 5.23. The summed E-state index contributed by atoms with van der Waals surface area (Å²) in [5.74, 6) is -1.06. The van der Waals surface area contributed by atoms with Gasteiger partial charge >= 0.3 is 5.97 Å². The quantitative estimate of drug-likeness (QED) is 0.602. The third-order valence-electron chi connectivity index (χ3n) is 4.48. The minimum atomic E-state index is -1.02. The second-order valence-corrected chi connectivity index (χ2v) is 5.23. The summed E-state index contributed by atoms with van der Waals surface area (Å²) in [7, 11) is 1.60. The fourth-order valence-corrected chi connectivity index (χ4v) is 3.74. The van der Waals surface area contributed by atoms with E-state index in [0.717, 1.165) is 30.4 Å². The average molecular weight is 263 g/mol. The minimum Gasteiger partial charge on any atom is -0.477 e. The summed E-state index contributed by atoms with van der Waals surface area (Å²) in [5, 5.41) is 9.44. The van der Waals surface area contributed by atoms with Gasteiger partial charge in [-0.15, -0.1) is 0 Å². The molecule has 5 heteroatoms. The van der Waals surface area contributed by atoms with E-state index in [1.54, 1.807) is 7.11 Å². The van der Waals surface area contributed by atoms with Gasteiger partial charge in [0.2, 0.25) is 0 Å². The van der Waals surface area contributed by atoms with Crippen LogP contribution in [0.25, 0.3) is 0 Å². The van der Waals surface area contributed by atoms with Crippen molar-refractivity contribution in [2.45, 2.75) is 38.3 Å². The van der Waals surface area contributed by atoms with E-state index in [1.165, 1.54) is 4.90 Å². The monoisotopic (exact) mass is 263 g/mol. The Morgan fingerprint density at radius 2 is 2.21 bits per heavy atom. The van der Waals surface area contributed by atoms with Crippen LogP contribution in [0.5, 0.6) is 0 Å². The Morgan fingerprint density at radius 1 is 1.47 bits per heavy atom. The number of aliphatic carboxylic acids is 1. The number of ether oxygens (including phenoxy) is 1. The van der Waals surface area contributed by atoms with Crippen LogP contribution in [0, 0.1) is 5.92 Å². The molecule has 0 spiro atoms. The fourth-order valence-electron chi connectivity index (χ4n) is 3.74. The number of β-lactam (4-membered cyclic amide) rings is 1. The lowest BCUT2D eigenvalue weighted by Gasteiger charge is -2.41. The average Bonchev–Trinajstić information content (AvgIpc) is 2.70. The number of carbonyl (C=O) groups excluding carboxylic acids is 1. The maximum atomic E-state index is 12.0. The van der Waals surface area contributed by atoms with Gasteiger partial charge < -0.3 is 9.84 Å². The molecule has 1 aliphatic carbocycles. The molecule has 3 atom stereocenters. The molecule has 1 N–H and O–H groups in total. The zero-order chi connectivity index (χ0) is 13.7. The summed E-state index contributed by atoms with van der Waals surface area (Å²) in [6, 6.07) is -0.0726. The van der Waals surface area contributed by atoms with Crippen LogP contribution in [0.2, 0.25) is 0 Å². The van der Waals surface area contributed by atoms with Crippen molar-refractivity contribution in [1.82, 2.24) is 4.90 Å². The maximum Gasteiger partial charge on any atom is 0.352 e. The molecule has 19 heavy (non-hydrogen) atoms. The Labute approximate surface area is 111 Å². The van der Waals surface area contributed by atoms with Crippen molar-refractivity contribution in [2.75, 3.05) is 7.11 Å². The van der Waals surface area contributed by atoms with Crippen LogP contribution in [-0.4, -0.2) is 41.1 Å². The number of hydrogen-bond acceptors (Lipinski definition) is 3. The van der Waals surface area contributed by atoms with Gasteiger partial charge in [-0.2, -0.15) is 0 Å². The zero-order valence-electron chi connectivity index (χ0n) is 11.0. The Balaban J connectivity index is 2.10. The highest BCUT2D eigenvalue weighted by Crippen LogP contribution is 2.51. The first-order chi connectivity index (χ1) is 9.11. The summed E-state index contributed by atoms with van der Waals surface area (Å²) in [6.07, 6.45) is 4.41. The zero-order valence-corrected chi connectivity index (χ0v) is 11.0. The molecule has 1 saturated carbocycles. The molecule has 0 aromatic carbocycles. The second kappa shape index (κ2) is 4.20. The summed E-state index contributed by atoms with van der Waals surface area (Å²) in [6.45, 7) is 1.83. The molecule has 3 rings (SSSR count). The molecular formula is C14H17NO4. The van der Waals surface area contributed by atoms with Crippen LogP contribution in [0.3, 0.4) is 0 Å². The van der Waals surface area contributed by atoms with E-state index in [1.807, 2.05) is 13.0 Å². The van der Waals surface area contributed by atoms with E-state index in [0.29, 0.717) is 0 Å². The van der Waals surface area contributed by atoms with Crippen molar-refractivity contribution < 1.29 is 19.4 Å². The largest absolute Gasteiger partial charge is 0.477 e. The third kappa shape index (κ3) is 1.45. The van der Waals surface area contributed by atoms with Gasteiger partial charge in [-0.25, -0.2) is 4.79 Å². The lowest BCUT2D eigenvalue weighted by molar-refractivity contribution is -0.142. The highest BCUT2D eigenvalue weighted by Gasteiger charge is 2.58. The first-order valence-electron chi connectivity index (χ1n) is 6.61. The summed E-state index contributed by atoms with van der Waals surface area (Å²) < 4.78 is 5.44. The fraction of sp³-hybridized carbons (Fsp3) is 0.571. The van der Waals surface area contributed by atoms with Gasteiger partial charge in [0, 0.05) is 18.6 Å². The van der Waals surface area contributed by atoms with Crippen molar-refractivity contribution in [2.24, 2.45) is 5.92 Å². The van der Waals surface area contributed by atoms with Gasteiger partial charge in [0.15, 0.2) is 0 Å². The van der Waals surface area contributed by atoms with Gasteiger partial charge in [-0.3, -0.25) is 9.69 Å². The van der Waals surface area contributed by atoms with Crippen LogP contribution < -0.4 is 0 Å². The number of rotatable bonds is 2. The predicted octanol–water partition coefficient (Wildman–Crippen LogP) is 1.31. The normalized spacial score (nSPS) is 35.3. The Hall–Kier alpha value is -1.62. The number of nitrogens with zero attached hydrogens (tertiary/aromatic N) is 1. The molecule has 102 valence electrons. The summed E-state index contributed by atoms with van der Waals surface area (Å²) in [4.78, 5) is 25.0. The van der Waals surface area contributed by atoms with Crippen molar-refractivity contribution in [3.63, 3.8) is 0 Å². The Bertz CT molecular complexity index is 520. The summed E-state index contributed by atoms with van der Waals surface area (Å²) in [5.41, 5.74) is 1.73. The van der Waals surface area contributed by atoms with Crippen molar-refractivity contribution in [3.8, 4) is 0 Å². The van der Waals surface area contributed by atoms with Gasteiger partial charge in [0.25, 0.3) is 5.91 Å². The Kier molecular flexibility index (Phi) is 2.74. The van der Waals surface area contributed by atoms with E-state index in [4.69, 9.17) is 4.74 Å². The SMILES string of the molecule is C/C=C1/C(=O)N2C(C(=O)O)=C3[C@@H](OC)CCC[C@@H]3[C@H]12. The van der Waals surface area contributed by atoms with Crippen molar-refractivity contribution >= 4 is 11.9 Å². The van der Waals surface area contributed by atoms with Crippen LogP contribution in [0.15, 0.2) is 22.9 Å². The number of amides is 1. The van der Waals surface area contributed by atoms with E-state index >= 15 is 0 Å². The molecule has 0 aromatic rings. The predicted molar refractivity (Wildman–Crippen MR) is 67.2 cm³/mol. The van der Waals surface area contributed by atoms with Crippen molar-refractivity contribution in [3.05, 3.63) is 22.9 Å². The lowest BCUT2D eigenvalue weighted by atomic mass is 9.75. The number of carboxylic acid groups (broad SMARTS) is 1. The van der Waals surface area contributed by atoms with Gasteiger partial charge in [-0.05, 0) is 31.8 Å². The molecule has 1 amide bonds. The van der Waals surface area contributed by atoms with E-state index in [2.05, 4.69) is 0 Å². The number of allylic oxidation sites excluding steroid dienone is 1. The van der Waals surface area contributed by atoms with Gasteiger partial charge in [0.05, 0.1) is 12.1 Å².